The van der Waals surface area contributed by atoms with Gasteiger partial charge in [0.15, 0.2) is 0 Å². The number of halogens is 1. The first-order valence-corrected chi connectivity index (χ1v) is 6.32. The Morgan fingerprint density at radius 1 is 1.05 bits per heavy atom. The average Bonchev–Trinajstić information content (AvgIpc) is 2.89. The Hall–Kier alpha value is -2.16. The first-order valence-electron chi connectivity index (χ1n) is 6.32. The van der Waals surface area contributed by atoms with Gasteiger partial charge in [0.05, 0.1) is 6.04 Å². The number of rotatable bonds is 3. The molecule has 0 N–H and O–H groups in total. The minimum Gasteiger partial charge on any atom is -0.475 e. The van der Waals surface area contributed by atoms with E-state index in [4.69, 9.17) is 4.74 Å². The van der Waals surface area contributed by atoms with Gasteiger partial charge in [-0.25, -0.2) is 9.38 Å². The van der Waals surface area contributed by atoms with Crippen LogP contribution in [0.4, 0.5) is 4.39 Å². The summed E-state index contributed by atoms with van der Waals surface area (Å²) in [5.41, 5.74) is 2.08. The molecule has 1 heterocycles. The molecule has 96 valence electrons. The SMILES string of the molecule is Fc1ccc(C2=NC(Cc3ccccc3)CO2)cc1. The molecule has 0 amide bonds. The number of hydrogen-bond donors (Lipinski definition) is 0. The van der Waals surface area contributed by atoms with Gasteiger partial charge < -0.3 is 4.74 Å². The van der Waals surface area contributed by atoms with Gasteiger partial charge in [-0.15, -0.1) is 0 Å². The molecule has 2 aromatic rings. The van der Waals surface area contributed by atoms with Crippen molar-refractivity contribution in [3.8, 4) is 0 Å². The fourth-order valence-corrected chi connectivity index (χ4v) is 2.16. The summed E-state index contributed by atoms with van der Waals surface area (Å²) in [7, 11) is 0. The third-order valence-electron chi connectivity index (χ3n) is 3.12. The Bertz CT molecular complexity index is 577. The van der Waals surface area contributed by atoms with Crippen LogP contribution in [0.3, 0.4) is 0 Å². The molecule has 0 radical (unpaired) electrons. The average molecular weight is 255 g/mol. The summed E-state index contributed by atoms with van der Waals surface area (Å²) in [6.45, 7) is 0.585. The lowest BCUT2D eigenvalue weighted by atomic mass is 10.1. The summed E-state index contributed by atoms with van der Waals surface area (Å²) < 4.78 is 18.4. The highest BCUT2D eigenvalue weighted by Crippen LogP contribution is 2.16. The molecule has 1 aliphatic heterocycles. The first kappa shape index (κ1) is 11.9. The van der Waals surface area contributed by atoms with Gasteiger partial charge in [-0.05, 0) is 36.2 Å². The van der Waals surface area contributed by atoms with Crippen molar-refractivity contribution < 1.29 is 9.13 Å². The lowest BCUT2D eigenvalue weighted by molar-refractivity contribution is 0.317. The molecule has 0 saturated heterocycles. The van der Waals surface area contributed by atoms with Crippen LogP contribution in [0.5, 0.6) is 0 Å². The molecule has 0 aromatic heterocycles. The van der Waals surface area contributed by atoms with Crippen LogP contribution in [0.2, 0.25) is 0 Å². The number of hydrogen-bond acceptors (Lipinski definition) is 2. The van der Waals surface area contributed by atoms with Crippen LogP contribution in [0, 0.1) is 5.82 Å². The van der Waals surface area contributed by atoms with Gasteiger partial charge >= 0.3 is 0 Å². The van der Waals surface area contributed by atoms with Crippen LogP contribution in [0.15, 0.2) is 59.6 Å². The maximum atomic E-state index is 12.9. The second-order valence-electron chi connectivity index (χ2n) is 4.60. The quantitative estimate of drug-likeness (QED) is 0.825. The fourth-order valence-electron chi connectivity index (χ4n) is 2.16. The van der Waals surface area contributed by atoms with E-state index >= 15 is 0 Å². The summed E-state index contributed by atoms with van der Waals surface area (Å²) in [4.78, 5) is 4.56. The van der Waals surface area contributed by atoms with Crippen molar-refractivity contribution in [2.45, 2.75) is 12.5 Å². The molecule has 0 fully saturated rings. The van der Waals surface area contributed by atoms with Crippen LogP contribution < -0.4 is 0 Å². The normalized spacial score (nSPS) is 17.9. The molecule has 1 aliphatic rings. The van der Waals surface area contributed by atoms with E-state index in [2.05, 4.69) is 17.1 Å². The molecular formula is C16H14FNO. The Morgan fingerprint density at radius 3 is 2.53 bits per heavy atom. The molecule has 3 heteroatoms. The highest BCUT2D eigenvalue weighted by molar-refractivity contribution is 5.95. The zero-order valence-corrected chi connectivity index (χ0v) is 10.4. The van der Waals surface area contributed by atoms with Gasteiger partial charge in [-0.2, -0.15) is 0 Å². The Labute approximate surface area is 111 Å². The number of nitrogens with zero attached hydrogens (tertiary/aromatic N) is 1. The van der Waals surface area contributed by atoms with E-state index in [1.807, 2.05) is 18.2 Å². The second-order valence-corrected chi connectivity index (χ2v) is 4.60. The standard InChI is InChI=1S/C16H14FNO/c17-14-8-6-13(7-9-14)16-18-15(11-19-16)10-12-4-2-1-3-5-12/h1-9,15H,10-11H2. The van der Waals surface area contributed by atoms with E-state index in [1.165, 1.54) is 17.7 Å². The Balaban J connectivity index is 1.72. The molecule has 19 heavy (non-hydrogen) atoms. The molecule has 0 spiro atoms. The largest absolute Gasteiger partial charge is 0.475 e. The number of aliphatic imine (C=N–C) groups is 1. The highest BCUT2D eigenvalue weighted by Gasteiger charge is 2.20. The van der Waals surface area contributed by atoms with Crippen molar-refractivity contribution in [3.05, 3.63) is 71.5 Å². The van der Waals surface area contributed by atoms with Crippen LogP contribution in [-0.4, -0.2) is 18.5 Å². The van der Waals surface area contributed by atoms with Gasteiger partial charge in [-0.3, -0.25) is 0 Å². The Morgan fingerprint density at radius 2 is 1.79 bits per heavy atom. The van der Waals surface area contributed by atoms with E-state index in [9.17, 15) is 4.39 Å². The van der Waals surface area contributed by atoms with Crippen molar-refractivity contribution in [1.29, 1.82) is 0 Å². The van der Waals surface area contributed by atoms with Gasteiger partial charge in [0, 0.05) is 5.56 Å². The summed E-state index contributed by atoms with van der Waals surface area (Å²) in [5.74, 6) is 0.365. The smallest absolute Gasteiger partial charge is 0.216 e. The lowest BCUT2D eigenvalue weighted by Gasteiger charge is -2.04. The number of ether oxygens (including phenoxy) is 1. The van der Waals surface area contributed by atoms with Gasteiger partial charge in [0.2, 0.25) is 5.90 Å². The van der Waals surface area contributed by atoms with Crippen LogP contribution in [0.1, 0.15) is 11.1 Å². The third-order valence-corrected chi connectivity index (χ3v) is 3.12. The van der Waals surface area contributed by atoms with Crippen molar-refractivity contribution in [1.82, 2.24) is 0 Å². The summed E-state index contributed by atoms with van der Waals surface area (Å²) in [6, 6.07) is 16.6. The Kier molecular flexibility index (Phi) is 3.27. The van der Waals surface area contributed by atoms with Crippen molar-refractivity contribution in [2.24, 2.45) is 4.99 Å². The molecule has 0 bridgehead atoms. The topological polar surface area (TPSA) is 21.6 Å². The van der Waals surface area contributed by atoms with Crippen molar-refractivity contribution >= 4 is 5.90 Å². The van der Waals surface area contributed by atoms with Crippen molar-refractivity contribution in [2.75, 3.05) is 6.61 Å². The molecule has 3 rings (SSSR count). The van der Waals surface area contributed by atoms with Crippen LogP contribution in [0.25, 0.3) is 0 Å². The molecule has 0 aliphatic carbocycles. The molecule has 1 atom stereocenters. The van der Waals surface area contributed by atoms with E-state index in [0.717, 1.165) is 12.0 Å². The molecule has 2 aromatic carbocycles. The van der Waals surface area contributed by atoms with Crippen molar-refractivity contribution in [3.63, 3.8) is 0 Å². The summed E-state index contributed by atoms with van der Waals surface area (Å²) in [6.07, 6.45) is 0.867. The van der Waals surface area contributed by atoms with E-state index < -0.39 is 0 Å². The zero-order valence-electron chi connectivity index (χ0n) is 10.4. The van der Waals surface area contributed by atoms with E-state index in [0.29, 0.717) is 12.5 Å². The second kappa shape index (κ2) is 5.22. The number of benzene rings is 2. The first-order chi connectivity index (χ1) is 9.31. The molecular weight excluding hydrogens is 241 g/mol. The van der Waals surface area contributed by atoms with E-state index in [-0.39, 0.29) is 11.9 Å². The predicted molar refractivity (Wildman–Crippen MR) is 72.8 cm³/mol. The summed E-state index contributed by atoms with van der Waals surface area (Å²) in [5, 5.41) is 0. The van der Waals surface area contributed by atoms with Gasteiger partial charge in [-0.1, -0.05) is 30.3 Å². The lowest BCUT2D eigenvalue weighted by Crippen LogP contribution is -2.09. The fraction of sp³-hybridized carbons (Fsp3) is 0.188. The zero-order chi connectivity index (χ0) is 13.1. The molecule has 1 unspecified atom stereocenters. The van der Waals surface area contributed by atoms with Crippen LogP contribution >= 0.6 is 0 Å². The summed E-state index contributed by atoms with van der Waals surface area (Å²) >= 11 is 0. The molecule has 2 nitrogen and oxygen atoms in total. The minimum atomic E-state index is -0.247. The predicted octanol–water partition coefficient (Wildman–Crippen LogP) is 3.21. The third kappa shape index (κ3) is 2.81. The van der Waals surface area contributed by atoms with E-state index in [1.54, 1.807) is 12.1 Å². The maximum Gasteiger partial charge on any atom is 0.216 e. The van der Waals surface area contributed by atoms with Gasteiger partial charge in [0.1, 0.15) is 12.4 Å². The van der Waals surface area contributed by atoms with Crippen LogP contribution in [-0.2, 0) is 11.2 Å². The minimum absolute atomic E-state index is 0.141. The highest BCUT2D eigenvalue weighted by atomic mass is 19.1. The maximum absolute atomic E-state index is 12.9. The monoisotopic (exact) mass is 255 g/mol. The molecule has 0 saturated carbocycles. The van der Waals surface area contributed by atoms with Gasteiger partial charge in [0.25, 0.3) is 0 Å².